The van der Waals surface area contributed by atoms with Gasteiger partial charge in [-0.1, -0.05) is 0 Å². The van der Waals surface area contributed by atoms with E-state index in [0.29, 0.717) is 15.4 Å². The average molecular weight is 1210 g/mol. The average Bonchev–Trinajstić information content (AvgIpc) is 3.87. The molecule has 6 aromatic rings. The Labute approximate surface area is 427 Å². The minimum atomic E-state index is -4.94. The van der Waals surface area contributed by atoms with Crippen LogP contribution < -0.4 is 69.6 Å². The molecule has 0 aliphatic carbocycles. The Bertz CT molecular complexity index is 2650. The van der Waals surface area contributed by atoms with Crippen LogP contribution in [0.1, 0.15) is 50.9 Å². The fourth-order valence-corrected chi connectivity index (χ4v) is 9.96. The van der Waals surface area contributed by atoms with E-state index in [1.807, 2.05) is 112 Å². The molecule has 0 fully saturated rings. The fraction of sp³-hybridized carbons (Fsp3) is 0.300. The van der Waals surface area contributed by atoms with Crippen molar-refractivity contribution in [3.8, 4) is 15.4 Å². The van der Waals surface area contributed by atoms with E-state index in [1.54, 1.807) is 0 Å². The zero-order chi connectivity index (χ0) is 54.0. The molecule has 1 radical (unpaired) electrons. The molecule has 0 saturated heterocycles. The van der Waals surface area contributed by atoms with Crippen molar-refractivity contribution in [1.29, 1.82) is 0 Å². The Kier molecular flexibility index (Phi) is 25.4. The summed E-state index contributed by atoms with van der Waals surface area (Å²) in [7, 11) is -27.0. The third kappa shape index (κ3) is 25.4. The SMILES string of the molecule is Cc1cc(C)[n+](-c2nnc(S([NH-])(=O)=O)s2)c(C)c1.Cc1cc(C)[n+](-c2nnc(S([NH-])(=O)=O)s2)c(C)c1.Cc1cc(C)[n+](-c2nnc(S([NH-])(=O)=O)s2)c(C)c1.[Fe+3].[O-][Cl+3]([O-])([O-])[O-].[O-][Cl+3]([O-])([O-])[O-].[O-][Cl+3]([O-])([O-])[O-]. The number of halogens is 3. The van der Waals surface area contributed by atoms with Crippen molar-refractivity contribution < 1.29 is 143 Å². The standard InChI is InChI=1S/3C10H12N4O2S2.3ClHO4.Fe/c3*1-6-4-7(2)14(8(3)5-6)9-12-13-10(17-9)18(11,15)16;3*2-1(3,4)5;/h3*4-5H,1-3H3,(H-,11,15,16);3*(H,2,3,4,5);/q;;;;;;+3/p-3. The summed E-state index contributed by atoms with van der Waals surface area (Å²) in [6.07, 6.45) is 0. The minimum Gasteiger partial charge on any atom is -0.558 e. The van der Waals surface area contributed by atoms with E-state index in [4.69, 9.17) is 71.3 Å². The Morgan fingerprint density at radius 3 is 0.629 bits per heavy atom. The zero-order valence-electron chi connectivity index (χ0n) is 36.8. The molecule has 0 bridgehead atoms. The molecule has 70 heavy (non-hydrogen) atoms. The van der Waals surface area contributed by atoms with Crippen LogP contribution in [0.3, 0.4) is 0 Å². The van der Waals surface area contributed by atoms with Gasteiger partial charge in [-0.05, 0) is 165 Å². The summed E-state index contributed by atoms with van der Waals surface area (Å²) in [5, 5.41) is 44.4. The first kappa shape index (κ1) is 66.8. The second-order valence-corrected chi connectivity index (χ2v) is 23.2. The quantitative estimate of drug-likeness (QED) is 0.110. The summed E-state index contributed by atoms with van der Waals surface area (Å²) in [6, 6.07) is 11.9. The molecule has 30 nitrogen and oxygen atoms in total. The van der Waals surface area contributed by atoms with Gasteiger partial charge in [0.05, 0.1) is 15.3 Å². The van der Waals surface area contributed by atoms with Gasteiger partial charge in [0.25, 0.3) is 0 Å². The van der Waals surface area contributed by atoms with Gasteiger partial charge in [0, 0.05) is 0 Å². The van der Waals surface area contributed by atoms with Crippen LogP contribution in [0.5, 0.6) is 0 Å². The van der Waals surface area contributed by atoms with Gasteiger partial charge in [0.15, 0.2) is 0 Å². The third-order valence-electron chi connectivity index (χ3n) is 7.19. The van der Waals surface area contributed by atoms with Gasteiger partial charge in [0.1, 0.15) is 64.2 Å². The Morgan fingerprint density at radius 2 is 0.514 bits per heavy atom. The van der Waals surface area contributed by atoms with Crippen LogP contribution >= 0.6 is 34.0 Å². The number of sulfonamides is 3. The Hall–Kier alpha value is -3.23. The molecule has 389 valence electrons. The summed E-state index contributed by atoms with van der Waals surface area (Å²) < 4.78 is 173. The molecule has 6 rings (SSSR count). The summed E-state index contributed by atoms with van der Waals surface area (Å²) >= 11 is 2.68. The van der Waals surface area contributed by atoms with Gasteiger partial charge in [-0.15, -0.1) is 30.7 Å². The predicted octanol–water partition coefficient (Wildman–Crippen LogP) is -9.83. The molecule has 3 N–H and O–H groups in total. The first-order valence-electron chi connectivity index (χ1n) is 17.2. The summed E-state index contributed by atoms with van der Waals surface area (Å²) in [5.74, 6) is 0. The molecule has 0 saturated carbocycles. The van der Waals surface area contributed by atoms with Crippen molar-refractivity contribution in [3.63, 3.8) is 0 Å². The largest absolute Gasteiger partial charge is 3.00 e. The van der Waals surface area contributed by atoms with E-state index < -0.39 is 60.8 Å². The van der Waals surface area contributed by atoms with Crippen LogP contribution in [-0.4, -0.2) is 55.8 Å². The summed E-state index contributed by atoms with van der Waals surface area (Å²) in [5.41, 5.74) is 9.03. The number of nitrogens with one attached hydrogen (secondary N) is 3. The molecule has 0 amide bonds. The Balaban J connectivity index is 0.000000884. The van der Waals surface area contributed by atoms with Gasteiger partial charge >= 0.3 is 32.5 Å². The zero-order valence-corrected chi connectivity index (χ0v) is 45.0. The smallest absolute Gasteiger partial charge is 0.558 e. The van der Waals surface area contributed by atoms with Crippen LogP contribution in [0.15, 0.2) is 49.4 Å². The van der Waals surface area contributed by atoms with E-state index in [1.165, 1.54) is 0 Å². The fourth-order valence-electron chi connectivity index (χ4n) is 5.43. The molecular weight excluding hydrogens is 1170 g/mol. The predicted molar refractivity (Wildman–Crippen MR) is 201 cm³/mol. The molecule has 0 unspecified atom stereocenters. The minimum absolute atomic E-state index is 0. The molecule has 0 aliphatic rings. The molecule has 6 aromatic heterocycles. The Morgan fingerprint density at radius 1 is 0.371 bits per heavy atom. The first-order chi connectivity index (χ1) is 30.9. The van der Waals surface area contributed by atoms with Crippen LogP contribution in [0.2, 0.25) is 0 Å². The summed E-state index contributed by atoms with van der Waals surface area (Å²) in [6.45, 7) is 17.4. The molecule has 0 aromatic carbocycles. The summed E-state index contributed by atoms with van der Waals surface area (Å²) in [4.78, 5) is 0. The van der Waals surface area contributed by atoms with E-state index in [0.717, 1.165) is 84.9 Å². The molecule has 0 spiro atoms. The molecular formula is C30H36Cl3FeN12O18S6. The van der Waals surface area contributed by atoms with Gasteiger partial charge in [-0.3, -0.25) is 0 Å². The number of pyridine rings is 3. The maximum absolute atomic E-state index is 11.1. The number of aromatic nitrogens is 9. The number of hydrogen-bond donors (Lipinski definition) is 0. The van der Waals surface area contributed by atoms with Gasteiger partial charge < -0.3 is 15.4 Å². The van der Waals surface area contributed by atoms with Crippen molar-refractivity contribution in [2.45, 2.75) is 75.3 Å². The van der Waals surface area contributed by atoms with Crippen LogP contribution in [-0.2, 0) is 47.1 Å². The van der Waals surface area contributed by atoms with E-state index in [-0.39, 0.29) is 30.1 Å². The van der Waals surface area contributed by atoms with Crippen LogP contribution in [0.25, 0.3) is 30.8 Å². The number of nitrogens with zero attached hydrogens (tertiary/aromatic N) is 9. The van der Waals surface area contributed by atoms with E-state index in [9.17, 15) is 25.3 Å². The van der Waals surface area contributed by atoms with Gasteiger partial charge in [-0.2, -0.15) is 13.7 Å². The topological polar surface area (TPSA) is 540 Å². The van der Waals surface area contributed by atoms with Crippen LogP contribution in [0, 0.1) is 93.0 Å². The van der Waals surface area contributed by atoms with Crippen molar-refractivity contribution >= 4 is 64.1 Å². The van der Waals surface area contributed by atoms with Gasteiger partial charge in [0.2, 0.25) is 13.0 Å². The first-order valence-corrected chi connectivity index (χ1v) is 27.8. The van der Waals surface area contributed by atoms with E-state index >= 15 is 0 Å². The van der Waals surface area contributed by atoms with Crippen molar-refractivity contribution in [1.82, 2.24) is 30.6 Å². The molecule has 6 heterocycles. The maximum atomic E-state index is 11.1. The van der Waals surface area contributed by atoms with Crippen molar-refractivity contribution in [2.75, 3.05) is 0 Å². The van der Waals surface area contributed by atoms with E-state index in [2.05, 4.69) is 30.6 Å². The maximum Gasteiger partial charge on any atom is 3.00 e. The second kappa shape index (κ2) is 26.6. The molecule has 0 atom stereocenters. The normalized spacial score (nSPS) is 11.7. The number of rotatable bonds is 6. The van der Waals surface area contributed by atoms with Gasteiger partial charge in [-0.25, -0.2) is 81.2 Å². The van der Waals surface area contributed by atoms with Crippen molar-refractivity contribution in [2.24, 2.45) is 0 Å². The molecule has 0 aliphatic heterocycles. The second-order valence-electron chi connectivity index (χ2n) is 13.1. The van der Waals surface area contributed by atoms with Crippen LogP contribution in [0.4, 0.5) is 0 Å². The number of aryl methyl sites for hydroxylation is 9. The number of hydrogen-bond acceptors (Lipinski definition) is 27. The third-order valence-corrected chi connectivity index (χ3v) is 13.6. The molecule has 40 heteroatoms. The monoisotopic (exact) mass is 1200 g/mol. The van der Waals surface area contributed by atoms with Crippen molar-refractivity contribution in [3.05, 3.63) is 103 Å².